The first kappa shape index (κ1) is 2.58. The summed E-state index contributed by atoms with van der Waals surface area (Å²) in [5.74, 6) is 0. The predicted molar refractivity (Wildman–Crippen MR) is 31.5 cm³/mol. The van der Waals surface area contributed by atoms with Gasteiger partial charge in [-0.15, -0.1) is 0 Å². The molecule has 0 amide bonds. The van der Waals surface area contributed by atoms with Gasteiger partial charge in [0.05, 0.1) is 11.4 Å². The molecule has 1 rings (SSSR count). The fourth-order valence-electron chi connectivity index (χ4n) is 0.399. The van der Waals surface area contributed by atoms with Gasteiger partial charge in [0.1, 0.15) is 0 Å². The molecule has 0 N–H and O–H groups in total. The molecule has 0 aliphatic carbocycles. The van der Waals surface area contributed by atoms with Crippen molar-refractivity contribution in [3.05, 3.63) is 23.5 Å². The molecule has 0 saturated heterocycles. The molecule has 8 heavy (non-hydrogen) atoms. The lowest BCUT2D eigenvalue weighted by molar-refractivity contribution is 0.941. The molecule has 0 fully saturated rings. The van der Waals surface area contributed by atoms with E-state index in [-0.39, 0.29) is 5.69 Å². The van der Waals surface area contributed by atoms with Crippen LogP contribution in [-0.2, 0) is 0 Å². The molecule has 0 saturated carbocycles. The Bertz CT molecular complexity index is 239. The first-order valence-electron chi connectivity index (χ1n) is 3.81. The highest BCUT2D eigenvalue weighted by atomic mass is 15.1. The van der Waals surface area contributed by atoms with Crippen molar-refractivity contribution in [1.82, 2.24) is 10.2 Å². The summed E-state index contributed by atoms with van der Waals surface area (Å²) in [6, 6.07) is 3.10. The van der Waals surface area contributed by atoms with Crippen LogP contribution in [0.15, 0.2) is 12.1 Å². The first-order valence-corrected chi connectivity index (χ1v) is 2.31. The van der Waals surface area contributed by atoms with Crippen molar-refractivity contribution in [2.75, 3.05) is 0 Å². The number of rotatable bonds is 0. The van der Waals surface area contributed by atoms with E-state index in [0.717, 1.165) is 5.69 Å². The molecule has 0 aliphatic rings. The Balaban J connectivity index is 2.99. The predicted octanol–water partition coefficient (Wildman–Crippen LogP) is 1.09. The molecule has 1 aromatic heterocycles. The minimum Gasteiger partial charge on any atom is -0.156 e. The third kappa shape index (κ3) is 1.03. The average molecular weight is 111 g/mol. The Kier molecular flexibility index (Phi) is 0.613. The van der Waals surface area contributed by atoms with Crippen molar-refractivity contribution in [2.24, 2.45) is 0 Å². The van der Waals surface area contributed by atoms with E-state index in [1.165, 1.54) is 6.07 Å². The molecule has 0 aromatic carbocycles. The zero-order valence-electron chi connectivity index (χ0n) is 7.55. The molecule has 0 aliphatic heterocycles. The molecule has 2 heteroatoms. The fourth-order valence-corrected chi connectivity index (χ4v) is 0.399. The van der Waals surface area contributed by atoms with Gasteiger partial charge >= 0.3 is 0 Å². The van der Waals surface area contributed by atoms with Gasteiger partial charge in [0, 0.05) is 4.11 Å². The number of nitrogens with zero attached hydrogens (tertiary/aromatic N) is 2. The van der Waals surface area contributed by atoms with Crippen molar-refractivity contribution in [3.8, 4) is 0 Å². The van der Waals surface area contributed by atoms with Crippen molar-refractivity contribution >= 4 is 0 Å². The second-order valence-electron chi connectivity index (χ2n) is 1.56. The van der Waals surface area contributed by atoms with Gasteiger partial charge in [0.25, 0.3) is 0 Å². The summed E-state index contributed by atoms with van der Waals surface area (Å²) in [6.07, 6.45) is 0. The molecule has 1 aromatic rings. The fraction of sp³-hybridized carbons (Fsp3) is 0.333. The average Bonchev–Trinajstić information content (AvgIpc) is 1.86. The maximum Gasteiger partial charge on any atom is 0.0600 e. The molecule has 0 spiro atoms. The highest BCUT2D eigenvalue weighted by molar-refractivity contribution is 5.02. The minimum absolute atomic E-state index is 0.0445. The van der Waals surface area contributed by atoms with Crippen LogP contribution in [0.5, 0.6) is 0 Å². The van der Waals surface area contributed by atoms with Crippen LogP contribution in [0, 0.1) is 13.8 Å². The van der Waals surface area contributed by atoms with Crippen molar-refractivity contribution < 1.29 is 4.11 Å². The summed E-state index contributed by atoms with van der Waals surface area (Å²) in [6.45, 7) is -0.378. The maximum absolute atomic E-state index is 6.97. The summed E-state index contributed by atoms with van der Waals surface area (Å²) in [5.41, 5.74) is 0.765. The van der Waals surface area contributed by atoms with Crippen LogP contribution in [0.3, 0.4) is 0 Å². The number of aromatic nitrogens is 2. The van der Waals surface area contributed by atoms with Crippen molar-refractivity contribution in [3.63, 3.8) is 0 Å². The molecule has 42 valence electrons. The largest absolute Gasteiger partial charge is 0.156 e. The summed E-state index contributed by atoms with van der Waals surface area (Å²) >= 11 is 0. The third-order valence-electron chi connectivity index (χ3n) is 0.798. The van der Waals surface area contributed by atoms with E-state index in [1.807, 2.05) is 0 Å². The summed E-state index contributed by atoms with van der Waals surface area (Å²) in [5, 5.41) is 7.17. The van der Waals surface area contributed by atoms with E-state index in [2.05, 4.69) is 10.2 Å². The van der Waals surface area contributed by atoms with Crippen LogP contribution in [0.4, 0.5) is 0 Å². The molecule has 0 bridgehead atoms. The van der Waals surface area contributed by atoms with Crippen molar-refractivity contribution in [1.29, 1.82) is 0 Å². The lowest BCUT2D eigenvalue weighted by Gasteiger charge is -1.87. The number of hydrogen-bond acceptors (Lipinski definition) is 2. The van der Waals surface area contributed by atoms with Gasteiger partial charge in [-0.2, -0.15) is 10.2 Å². The van der Waals surface area contributed by atoms with E-state index in [1.54, 1.807) is 13.0 Å². The summed E-state index contributed by atoms with van der Waals surface area (Å²) in [7, 11) is 0. The molecular formula is C6H8N2. The summed E-state index contributed by atoms with van der Waals surface area (Å²) in [4.78, 5) is 0. The second-order valence-corrected chi connectivity index (χ2v) is 1.56. The van der Waals surface area contributed by atoms with E-state index in [0.29, 0.717) is 0 Å². The zero-order valence-corrected chi connectivity index (χ0v) is 4.55. The topological polar surface area (TPSA) is 25.8 Å². The second kappa shape index (κ2) is 1.90. The molecule has 0 atom stereocenters. The van der Waals surface area contributed by atoms with Gasteiger partial charge in [0.15, 0.2) is 0 Å². The highest BCUT2D eigenvalue weighted by Gasteiger charge is 1.82. The Morgan fingerprint density at radius 2 is 2.00 bits per heavy atom. The highest BCUT2D eigenvalue weighted by Crippen LogP contribution is 1.90. The Hall–Kier alpha value is -0.920. The maximum atomic E-state index is 6.97. The Morgan fingerprint density at radius 3 is 2.50 bits per heavy atom. The first-order chi connectivity index (χ1) is 5.00. The van der Waals surface area contributed by atoms with Gasteiger partial charge < -0.3 is 0 Å². The van der Waals surface area contributed by atoms with Crippen LogP contribution >= 0.6 is 0 Å². The SMILES string of the molecule is [2H]C([2H])([2H])c1ccc(C)nn1. The van der Waals surface area contributed by atoms with Crippen LogP contribution in [0.1, 0.15) is 15.5 Å². The molecular weight excluding hydrogens is 100 g/mol. The summed E-state index contributed by atoms with van der Waals surface area (Å²) < 4.78 is 20.9. The molecule has 0 unspecified atom stereocenters. The van der Waals surface area contributed by atoms with Gasteiger partial charge in [-0.25, -0.2) is 0 Å². The lowest BCUT2D eigenvalue weighted by atomic mass is 10.4. The monoisotopic (exact) mass is 111 g/mol. The number of hydrogen-bond donors (Lipinski definition) is 0. The van der Waals surface area contributed by atoms with Gasteiger partial charge in [-0.05, 0) is 25.9 Å². The van der Waals surface area contributed by atoms with Gasteiger partial charge in [-0.3, -0.25) is 0 Å². The van der Waals surface area contributed by atoms with E-state index in [4.69, 9.17) is 4.11 Å². The van der Waals surface area contributed by atoms with E-state index < -0.39 is 6.85 Å². The smallest absolute Gasteiger partial charge is 0.0600 e. The standard InChI is InChI=1S/C6H8N2/c1-5-3-4-6(2)8-7-5/h3-4H,1-2H3/i1D3. The third-order valence-corrected chi connectivity index (χ3v) is 0.798. The Labute approximate surface area is 52.8 Å². The van der Waals surface area contributed by atoms with Gasteiger partial charge in [-0.1, -0.05) is 0 Å². The minimum atomic E-state index is -2.14. The molecule has 1 heterocycles. The van der Waals surface area contributed by atoms with Crippen LogP contribution < -0.4 is 0 Å². The Morgan fingerprint density at radius 1 is 1.38 bits per heavy atom. The van der Waals surface area contributed by atoms with Crippen molar-refractivity contribution in [2.45, 2.75) is 13.8 Å². The van der Waals surface area contributed by atoms with E-state index >= 15 is 0 Å². The zero-order chi connectivity index (χ0) is 8.48. The number of aryl methyl sites for hydroxylation is 2. The quantitative estimate of drug-likeness (QED) is 0.501. The lowest BCUT2D eigenvalue weighted by Crippen LogP contribution is -1.86. The van der Waals surface area contributed by atoms with Crippen LogP contribution in [0.2, 0.25) is 0 Å². The van der Waals surface area contributed by atoms with Gasteiger partial charge in [0.2, 0.25) is 0 Å². The van der Waals surface area contributed by atoms with Crippen LogP contribution in [0.25, 0.3) is 0 Å². The van der Waals surface area contributed by atoms with Crippen LogP contribution in [-0.4, -0.2) is 10.2 Å². The molecule has 2 nitrogen and oxygen atoms in total. The normalized spacial score (nSPS) is 16.4. The van der Waals surface area contributed by atoms with E-state index in [9.17, 15) is 0 Å². The molecule has 0 radical (unpaired) electrons.